The van der Waals surface area contributed by atoms with Gasteiger partial charge in [0, 0.05) is 13.1 Å². The number of aliphatic carboxylic acids is 1. The number of aliphatic imine (C=N–C) groups is 1. The molecule has 0 heterocycles. The molecule has 0 saturated carbocycles. The van der Waals surface area contributed by atoms with Gasteiger partial charge in [0.1, 0.15) is 6.04 Å². The van der Waals surface area contributed by atoms with E-state index in [4.69, 9.17) is 11.5 Å². The van der Waals surface area contributed by atoms with Crippen LogP contribution in [0.15, 0.2) is 35.3 Å². The lowest BCUT2D eigenvalue weighted by molar-refractivity contribution is -0.143. The first-order chi connectivity index (χ1) is 10.4. The van der Waals surface area contributed by atoms with Crippen molar-refractivity contribution < 1.29 is 19.8 Å². The summed E-state index contributed by atoms with van der Waals surface area (Å²) in [5.41, 5.74) is 11.1. The van der Waals surface area contributed by atoms with Crippen molar-refractivity contribution in [2.24, 2.45) is 16.5 Å². The third kappa shape index (κ3) is 5.70. The number of carbonyl (C=O) groups is 2. The molecule has 0 spiro atoms. The number of hydrogen-bond acceptors (Lipinski definition) is 3. The Balaban J connectivity index is 2.77. The Morgan fingerprint density at radius 1 is 1.18 bits per heavy atom. The van der Waals surface area contributed by atoms with Crippen molar-refractivity contribution in [3.05, 3.63) is 35.9 Å². The van der Waals surface area contributed by atoms with E-state index in [0.29, 0.717) is 6.42 Å². The molecule has 6 N–H and O–H groups in total. The lowest BCUT2D eigenvalue weighted by Crippen LogP contribution is -2.44. The third-order valence-electron chi connectivity index (χ3n) is 3.03. The van der Waals surface area contributed by atoms with Crippen LogP contribution in [0.5, 0.6) is 0 Å². The van der Waals surface area contributed by atoms with E-state index in [1.54, 1.807) is 30.3 Å². The predicted octanol–water partition coefficient (Wildman–Crippen LogP) is 0.673. The van der Waals surface area contributed by atoms with Gasteiger partial charge in [-0.25, -0.2) is 9.59 Å². The van der Waals surface area contributed by atoms with Crippen molar-refractivity contribution in [3.63, 3.8) is 0 Å². The SMILES string of the molecule is NC(N)=NCCC[C@@H](C(=O)O)N(Cc1ccccc1)C(=O)O. The van der Waals surface area contributed by atoms with Crippen LogP contribution in [-0.4, -0.2) is 45.7 Å². The minimum atomic E-state index is -1.28. The van der Waals surface area contributed by atoms with Crippen LogP contribution in [0.3, 0.4) is 0 Å². The van der Waals surface area contributed by atoms with Gasteiger partial charge in [-0.05, 0) is 18.4 Å². The summed E-state index contributed by atoms with van der Waals surface area (Å²) in [6.07, 6.45) is -0.781. The summed E-state index contributed by atoms with van der Waals surface area (Å²) in [5.74, 6) is -1.27. The van der Waals surface area contributed by atoms with Gasteiger partial charge < -0.3 is 21.7 Å². The van der Waals surface area contributed by atoms with E-state index < -0.39 is 18.1 Å². The van der Waals surface area contributed by atoms with Crippen LogP contribution in [0.4, 0.5) is 4.79 Å². The molecule has 0 aromatic heterocycles. The molecule has 0 aliphatic rings. The van der Waals surface area contributed by atoms with Crippen molar-refractivity contribution in [3.8, 4) is 0 Å². The normalized spacial score (nSPS) is 11.5. The maximum Gasteiger partial charge on any atom is 0.408 e. The molecule has 22 heavy (non-hydrogen) atoms. The monoisotopic (exact) mass is 308 g/mol. The molecule has 0 radical (unpaired) electrons. The van der Waals surface area contributed by atoms with E-state index in [1.807, 2.05) is 0 Å². The number of carboxylic acid groups (broad SMARTS) is 2. The quantitative estimate of drug-likeness (QED) is 0.316. The van der Waals surface area contributed by atoms with Gasteiger partial charge in [-0.2, -0.15) is 0 Å². The van der Waals surface area contributed by atoms with E-state index in [9.17, 15) is 19.8 Å². The number of guanidine groups is 1. The fourth-order valence-corrected chi connectivity index (χ4v) is 2.00. The summed E-state index contributed by atoms with van der Waals surface area (Å²) in [4.78, 5) is 27.4. The summed E-state index contributed by atoms with van der Waals surface area (Å²) in [6.45, 7) is 0.264. The molecule has 0 fully saturated rings. The van der Waals surface area contributed by atoms with Gasteiger partial charge in [0.15, 0.2) is 5.96 Å². The van der Waals surface area contributed by atoms with Gasteiger partial charge in [-0.15, -0.1) is 0 Å². The zero-order chi connectivity index (χ0) is 16.5. The number of carboxylic acids is 1. The van der Waals surface area contributed by atoms with Crippen molar-refractivity contribution in [2.75, 3.05) is 6.54 Å². The largest absolute Gasteiger partial charge is 0.480 e. The van der Waals surface area contributed by atoms with Gasteiger partial charge in [0.25, 0.3) is 0 Å². The lowest BCUT2D eigenvalue weighted by Gasteiger charge is -2.26. The van der Waals surface area contributed by atoms with Crippen LogP contribution in [0.1, 0.15) is 18.4 Å². The molecule has 1 atom stereocenters. The maximum atomic E-state index is 11.4. The standard InChI is InChI=1S/C14H20N4O4/c15-13(16)17-8-4-7-11(12(19)20)18(14(21)22)9-10-5-2-1-3-6-10/h1-3,5-6,11H,4,7-9H2,(H,19,20)(H,21,22)(H4,15,16,17)/t11-/m0/s1. The number of hydrogen-bond donors (Lipinski definition) is 4. The molecule has 0 unspecified atom stereocenters. The van der Waals surface area contributed by atoms with Gasteiger partial charge in [0.05, 0.1) is 0 Å². The number of nitrogens with zero attached hydrogens (tertiary/aromatic N) is 2. The smallest absolute Gasteiger partial charge is 0.408 e. The highest BCUT2D eigenvalue weighted by Crippen LogP contribution is 2.13. The molecular weight excluding hydrogens is 288 g/mol. The Kier molecular flexibility index (Phi) is 6.68. The molecule has 1 amide bonds. The summed E-state index contributed by atoms with van der Waals surface area (Å²) in [5, 5.41) is 18.6. The molecular formula is C14H20N4O4. The number of benzene rings is 1. The first kappa shape index (κ1) is 17.3. The van der Waals surface area contributed by atoms with E-state index in [2.05, 4.69) is 4.99 Å². The van der Waals surface area contributed by atoms with Gasteiger partial charge in [-0.3, -0.25) is 9.89 Å². The van der Waals surface area contributed by atoms with E-state index in [1.165, 1.54) is 0 Å². The fraction of sp³-hybridized carbons (Fsp3) is 0.357. The average Bonchev–Trinajstić information content (AvgIpc) is 2.45. The van der Waals surface area contributed by atoms with Crippen molar-refractivity contribution in [1.82, 2.24) is 4.90 Å². The highest BCUT2D eigenvalue weighted by molar-refractivity contribution is 5.79. The van der Waals surface area contributed by atoms with Crippen molar-refractivity contribution >= 4 is 18.0 Å². The zero-order valence-electron chi connectivity index (χ0n) is 12.1. The third-order valence-corrected chi connectivity index (χ3v) is 3.03. The second-order valence-electron chi connectivity index (χ2n) is 4.70. The predicted molar refractivity (Wildman–Crippen MR) is 81.3 cm³/mol. The second-order valence-corrected chi connectivity index (χ2v) is 4.70. The number of rotatable bonds is 8. The molecule has 8 heteroatoms. The molecule has 1 aromatic rings. The lowest BCUT2D eigenvalue weighted by atomic mass is 10.1. The van der Waals surface area contributed by atoms with Gasteiger partial charge >= 0.3 is 12.1 Å². The number of nitrogens with two attached hydrogens (primary N) is 2. The maximum absolute atomic E-state index is 11.4. The van der Waals surface area contributed by atoms with Crippen molar-refractivity contribution in [2.45, 2.75) is 25.4 Å². The molecule has 1 rings (SSSR count). The Labute approximate surface area is 128 Å². The molecule has 0 aliphatic heterocycles. The first-order valence-electron chi connectivity index (χ1n) is 6.73. The van der Waals surface area contributed by atoms with E-state index in [-0.39, 0.29) is 25.5 Å². The van der Waals surface area contributed by atoms with Crippen LogP contribution in [0.2, 0.25) is 0 Å². The topological polar surface area (TPSA) is 142 Å². The van der Waals surface area contributed by atoms with Crippen molar-refractivity contribution in [1.29, 1.82) is 0 Å². The van der Waals surface area contributed by atoms with E-state index >= 15 is 0 Å². The molecule has 0 bridgehead atoms. The van der Waals surface area contributed by atoms with Crippen LogP contribution in [0, 0.1) is 0 Å². The minimum Gasteiger partial charge on any atom is -0.480 e. The Bertz CT molecular complexity index is 529. The Morgan fingerprint density at radius 3 is 2.32 bits per heavy atom. The first-order valence-corrected chi connectivity index (χ1v) is 6.73. The van der Waals surface area contributed by atoms with Crippen LogP contribution >= 0.6 is 0 Å². The summed E-state index contributed by atoms with van der Waals surface area (Å²) < 4.78 is 0. The average molecular weight is 308 g/mol. The fourth-order valence-electron chi connectivity index (χ4n) is 2.00. The Hall–Kier alpha value is -2.77. The number of amides is 1. The summed E-state index contributed by atoms with van der Waals surface area (Å²) >= 11 is 0. The zero-order valence-corrected chi connectivity index (χ0v) is 12.1. The minimum absolute atomic E-state index is 0.00936. The van der Waals surface area contributed by atoms with Gasteiger partial charge in [0.2, 0.25) is 0 Å². The van der Waals surface area contributed by atoms with Crippen LogP contribution in [-0.2, 0) is 11.3 Å². The molecule has 8 nitrogen and oxygen atoms in total. The molecule has 120 valence electrons. The van der Waals surface area contributed by atoms with Crippen LogP contribution in [0.25, 0.3) is 0 Å². The molecule has 1 aromatic carbocycles. The van der Waals surface area contributed by atoms with Crippen LogP contribution < -0.4 is 11.5 Å². The van der Waals surface area contributed by atoms with E-state index in [0.717, 1.165) is 10.5 Å². The Morgan fingerprint density at radius 2 is 1.82 bits per heavy atom. The second kappa shape index (κ2) is 8.50. The molecule has 0 aliphatic carbocycles. The summed E-state index contributed by atoms with van der Waals surface area (Å²) in [7, 11) is 0. The highest BCUT2D eigenvalue weighted by Gasteiger charge is 2.29. The molecule has 0 saturated heterocycles. The summed E-state index contributed by atoms with van der Waals surface area (Å²) in [6, 6.07) is 7.68. The van der Waals surface area contributed by atoms with Gasteiger partial charge in [-0.1, -0.05) is 30.3 Å². The highest BCUT2D eigenvalue weighted by atomic mass is 16.4.